The summed E-state index contributed by atoms with van der Waals surface area (Å²) in [5.41, 5.74) is 0. The summed E-state index contributed by atoms with van der Waals surface area (Å²) in [5, 5.41) is 5.63. The maximum Gasteiger partial charge on any atom is 0.389 e. The van der Waals surface area contributed by atoms with Gasteiger partial charge in [0.1, 0.15) is 0 Å². The Morgan fingerprint density at radius 3 is 2.62 bits per heavy atom. The Morgan fingerprint density at radius 2 is 2.12 bits per heavy atom. The van der Waals surface area contributed by atoms with E-state index in [4.69, 9.17) is 0 Å². The average Bonchev–Trinajstić information content (AvgIpc) is 2.57. The van der Waals surface area contributed by atoms with Crippen molar-refractivity contribution in [1.29, 1.82) is 0 Å². The molecule has 0 aliphatic carbocycles. The number of rotatable bonds is 4. The number of hydrogen-bond donors (Lipinski definition) is 2. The Bertz CT molecular complexity index is 243. The Balaban J connectivity index is 2.15. The van der Waals surface area contributed by atoms with E-state index in [0.29, 0.717) is 6.54 Å². The van der Waals surface area contributed by atoms with E-state index in [0.717, 1.165) is 6.54 Å². The van der Waals surface area contributed by atoms with Gasteiger partial charge in [-0.3, -0.25) is 4.79 Å². The molecule has 6 heteroatoms. The highest BCUT2D eigenvalue weighted by Gasteiger charge is 2.30. The van der Waals surface area contributed by atoms with Crippen molar-refractivity contribution in [3.8, 4) is 0 Å². The molecule has 94 valence electrons. The first kappa shape index (κ1) is 13.3. The van der Waals surface area contributed by atoms with Crippen LogP contribution in [-0.4, -0.2) is 31.7 Å². The summed E-state index contributed by atoms with van der Waals surface area (Å²) in [6.45, 7) is 3.47. The quantitative estimate of drug-likeness (QED) is 0.725. The van der Waals surface area contributed by atoms with Crippen LogP contribution >= 0.6 is 0 Å². The van der Waals surface area contributed by atoms with Gasteiger partial charge in [0, 0.05) is 19.5 Å². The van der Waals surface area contributed by atoms with Crippen LogP contribution in [0.25, 0.3) is 0 Å². The third-order valence-electron chi connectivity index (χ3n) is 2.79. The molecule has 2 unspecified atom stereocenters. The summed E-state index contributed by atoms with van der Waals surface area (Å²) >= 11 is 0. The molecule has 2 N–H and O–H groups in total. The van der Waals surface area contributed by atoms with Crippen molar-refractivity contribution in [1.82, 2.24) is 10.6 Å². The Kier molecular flexibility index (Phi) is 4.58. The van der Waals surface area contributed by atoms with E-state index in [-0.39, 0.29) is 30.7 Å². The van der Waals surface area contributed by atoms with Gasteiger partial charge in [-0.1, -0.05) is 6.92 Å². The summed E-state index contributed by atoms with van der Waals surface area (Å²) in [6.07, 6.45) is -5.03. The molecular formula is C10H17F3N2O. The van der Waals surface area contributed by atoms with Gasteiger partial charge in [-0.05, 0) is 18.9 Å². The van der Waals surface area contributed by atoms with Crippen LogP contribution in [0.5, 0.6) is 0 Å². The van der Waals surface area contributed by atoms with Crippen LogP contribution in [0.4, 0.5) is 13.2 Å². The number of hydrogen-bond acceptors (Lipinski definition) is 2. The molecule has 1 rings (SSSR count). The predicted octanol–water partition coefficient (Wildman–Crippen LogP) is 1.30. The highest BCUT2D eigenvalue weighted by molar-refractivity contribution is 5.79. The maximum absolute atomic E-state index is 11.8. The van der Waals surface area contributed by atoms with E-state index in [9.17, 15) is 18.0 Å². The van der Waals surface area contributed by atoms with E-state index in [1.165, 1.54) is 0 Å². The first-order valence-electron chi connectivity index (χ1n) is 5.45. The third-order valence-corrected chi connectivity index (χ3v) is 2.79. The lowest BCUT2D eigenvalue weighted by molar-refractivity contribution is -0.136. The molecule has 1 heterocycles. The number of halogens is 3. The average molecular weight is 238 g/mol. The molecule has 0 aromatic carbocycles. The molecule has 0 saturated carbocycles. The zero-order chi connectivity index (χ0) is 12.2. The molecule has 1 aliphatic rings. The van der Waals surface area contributed by atoms with Crippen LogP contribution in [-0.2, 0) is 4.79 Å². The number of carbonyl (C=O) groups excluding carboxylic acids is 1. The third kappa shape index (κ3) is 4.38. The lowest BCUT2D eigenvalue weighted by Crippen LogP contribution is -2.35. The van der Waals surface area contributed by atoms with Gasteiger partial charge in [0.25, 0.3) is 0 Å². The zero-order valence-corrected chi connectivity index (χ0v) is 9.23. The van der Waals surface area contributed by atoms with E-state index in [2.05, 4.69) is 10.6 Å². The fourth-order valence-corrected chi connectivity index (χ4v) is 1.79. The SMILES string of the molecule is CC1CNCC1C(=O)NCCCC(F)(F)F. The minimum atomic E-state index is -4.13. The smallest absolute Gasteiger partial charge is 0.356 e. The van der Waals surface area contributed by atoms with Crippen molar-refractivity contribution in [3.05, 3.63) is 0 Å². The van der Waals surface area contributed by atoms with Gasteiger partial charge >= 0.3 is 6.18 Å². The predicted molar refractivity (Wildman–Crippen MR) is 53.8 cm³/mol. The van der Waals surface area contributed by atoms with Crippen LogP contribution in [0.3, 0.4) is 0 Å². The van der Waals surface area contributed by atoms with Crippen LogP contribution < -0.4 is 10.6 Å². The minimum absolute atomic E-state index is 0.0518. The number of carbonyl (C=O) groups is 1. The molecule has 2 atom stereocenters. The molecule has 0 bridgehead atoms. The number of amides is 1. The second-order valence-corrected chi connectivity index (χ2v) is 4.25. The summed E-state index contributed by atoms with van der Waals surface area (Å²) in [7, 11) is 0. The maximum atomic E-state index is 11.8. The Hall–Kier alpha value is -0.780. The topological polar surface area (TPSA) is 41.1 Å². The lowest BCUT2D eigenvalue weighted by Gasteiger charge is -2.14. The van der Waals surface area contributed by atoms with Crippen molar-refractivity contribution in [2.45, 2.75) is 25.9 Å². The normalized spacial score (nSPS) is 25.8. The van der Waals surface area contributed by atoms with Crippen molar-refractivity contribution >= 4 is 5.91 Å². The first-order chi connectivity index (χ1) is 7.40. The fraction of sp³-hybridized carbons (Fsp3) is 0.900. The van der Waals surface area contributed by atoms with Crippen molar-refractivity contribution in [3.63, 3.8) is 0 Å². The molecule has 0 aromatic heterocycles. The van der Waals surface area contributed by atoms with E-state index in [1.807, 2.05) is 6.92 Å². The van der Waals surface area contributed by atoms with Gasteiger partial charge in [0.15, 0.2) is 0 Å². The molecule has 0 aromatic rings. The van der Waals surface area contributed by atoms with Crippen LogP contribution in [0, 0.1) is 11.8 Å². The fourth-order valence-electron chi connectivity index (χ4n) is 1.79. The van der Waals surface area contributed by atoms with Gasteiger partial charge in [0.05, 0.1) is 5.92 Å². The standard InChI is InChI=1S/C10H17F3N2O/c1-7-5-14-6-8(7)9(16)15-4-2-3-10(11,12)13/h7-8,14H,2-6H2,1H3,(H,15,16). The summed E-state index contributed by atoms with van der Waals surface area (Å²) in [6, 6.07) is 0. The Labute approximate surface area is 92.8 Å². The molecule has 3 nitrogen and oxygen atoms in total. The van der Waals surface area contributed by atoms with Gasteiger partial charge in [0.2, 0.25) is 5.91 Å². The van der Waals surface area contributed by atoms with Crippen molar-refractivity contribution in [2.75, 3.05) is 19.6 Å². The monoisotopic (exact) mass is 238 g/mol. The molecule has 1 aliphatic heterocycles. The molecule has 1 fully saturated rings. The highest BCUT2D eigenvalue weighted by Crippen LogP contribution is 2.21. The molecule has 0 spiro atoms. The second kappa shape index (κ2) is 5.52. The number of nitrogens with one attached hydrogen (secondary N) is 2. The molecule has 16 heavy (non-hydrogen) atoms. The van der Waals surface area contributed by atoms with Gasteiger partial charge in [-0.2, -0.15) is 13.2 Å². The van der Waals surface area contributed by atoms with Crippen molar-refractivity contribution < 1.29 is 18.0 Å². The Morgan fingerprint density at radius 1 is 1.44 bits per heavy atom. The highest BCUT2D eigenvalue weighted by atomic mass is 19.4. The van der Waals surface area contributed by atoms with Crippen LogP contribution in [0.2, 0.25) is 0 Å². The van der Waals surface area contributed by atoms with Gasteiger partial charge in [-0.15, -0.1) is 0 Å². The number of alkyl halides is 3. The largest absolute Gasteiger partial charge is 0.389 e. The lowest BCUT2D eigenvalue weighted by atomic mass is 9.97. The van der Waals surface area contributed by atoms with Crippen molar-refractivity contribution in [2.24, 2.45) is 11.8 Å². The van der Waals surface area contributed by atoms with Gasteiger partial charge < -0.3 is 10.6 Å². The summed E-state index contributed by atoms with van der Waals surface area (Å²) < 4.78 is 35.5. The van der Waals surface area contributed by atoms with E-state index < -0.39 is 12.6 Å². The van der Waals surface area contributed by atoms with Gasteiger partial charge in [-0.25, -0.2) is 0 Å². The molecular weight excluding hydrogens is 221 g/mol. The second-order valence-electron chi connectivity index (χ2n) is 4.25. The van der Waals surface area contributed by atoms with Crippen LogP contribution in [0.15, 0.2) is 0 Å². The van der Waals surface area contributed by atoms with Crippen LogP contribution in [0.1, 0.15) is 19.8 Å². The zero-order valence-electron chi connectivity index (χ0n) is 9.23. The minimum Gasteiger partial charge on any atom is -0.356 e. The van der Waals surface area contributed by atoms with E-state index >= 15 is 0 Å². The summed E-state index contributed by atoms with van der Waals surface area (Å²) in [4.78, 5) is 11.5. The molecule has 0 radical (unpaired) electrons. The molecule has 1 saturated heterocycles. The molecule has 1 amide bonds. The van der Waals surface area contributed by atoms with E-state index in [1.54, 1.807) is 0 Å². The first-order valence-corrected chi connectivity index (χ1v) is 5.45. The summed E-state index contributed by atoms with van der Waals surface area (Å²) in [5.74, 6) is 0.00757.